The lowest BCUT2D eigenvalue weighted by molar-refractivity contribution is 0.0921. The first-order chi connectivity index (χ1) is 15.5. The van der Waals surface area contributed by atoms with Crippen molar-refractivity contribution in [3.05, 3.63) is 87.6 Å². The third kappa shape index (κ3) is 4.02. The van der Waals surface area contributed by atoms with Crippen LogP contribution in [0.4, 0.5) is 4.39 Å². The van der Waals surface area contributed by atoms with Gasteiger partial charge in [-0.15, -0.1) is 0 Å². The maximum Gasteiger partial charge on any atom is 0.289 e. The van der Waals surface area contributed by atoms with Crippen LogP contribution in [0.3, 0.4) is 0 Å². The van der Waals surface area contributed by atoms with Crippen LogP contribution in [0.1, 0.15) is 27.7 Å². The number of amides is 1. The van der Waals surface area contributed by atoms with Crippen molar-refractivity contribution >= 4 is 50.9 Å². The van der Waals surface area contributed by atoms with Crippen molar-refractivity contribution < 1.29 is 13.6 Å². The van der Waals surface area contributed by atoms with Crippen LogP contribution in [-0.2, 0) is 13.0 Å². The molecule has 0 fully saturated rings. The van der Waals surface area contributed by atoms with Gasteiger partial charge < -0.3 is 9.73 Å². The van der Waals surface area contributed by atoms with E-state index in [-0.39, 0.29) is 30.1 Å². The number of hydrogen-bond donors (Lipinski definition) is 2. The fourth-order valence-electron chi connectivity index (χ4n) is 3.44. The lowest BCUT2D eigenvalue weighted by Crippen LogP contribution is -2.22. The molecule has 3 heterocycles. The van der Waals surface area contributed by atoms with Crippen molar-refractivity contribution in [2.45, 2.75) is 13.0 Å². The molecule has 0 atom stereocenters. The Bertz CT molecular complexity index is 1480. The number of carbonyl (C=O) groups excluding carboxylic acids is 1. The van der Waals surface area contributed by atoms with Gasteiger partial charge in [-0.05, 0) is 42.0 Å². The monoisotopic (exact) mass is 469 g/mol. The highest BCUT2D eigenvalue weighted by atomic mass is 35.5. The second-order valence-corrected chi connectivity index (χ2v) is 8.02. The number of rotatable bonds is 5. The van der Waals surface area contributed by atoms with Gasteiger partial charge in [0.15, 0.2) is 5.89 Å². The zero-order valence-corrected chi connectivity index (χ0v) is 17.8. The molecular weight excluding hydrogens is 456 g/mol. The number of halogens is 3. The quantitative estimate of drug-likeness (QED) is 0.374. The SMILES string of the molecule is O=C(NCc1[nH]nc2ccc(Cl)cc12)c1cnc(Cc2cc(F)c3ncc(Cl)cc3c2)o1. The second-order valence-electron chi connectivity index (χ2n) is 7.14. The van der Waals surface area contributed by atoms with E-state index in [9.17, 15) is 9.18 Å². The summed E-state index contributed by atoms with van der Waals surface area (Å²) < 4.78 is 19.9. The number of pyridine rings is 1. The van der Waals surface area contributed by atoms with Crippen LogP contribution in [0.25, 0.3) is 21.8 Å². The number of carbonyl (C=O) groups is 1. The predicted octanol–water partition coefficient (Wildman–Crippen LogP) is 5.07. The van der Waals surface area contributed by atoms with Crippen molar-refractivity contribution in [3.63, 3.8) is 0 Å². The number of oxazole rings is 1. The molecule has 0 aliphatic rings. The van der Waals surface area contributed by atoms with Crippen molar-refractivity contribution in [1.82, 2.24) is 25.5 Å². The summed E-state index contributed by atoms with van der Waals surface area (Å²) in [5.74, 6) is -0.574. The van der Waals surface area contributed by atoms with E-state index in [1.54, 1.807) is 30.3 Å². The molecular formula is C22H14Cl2FN5O2. The number of hydrogen-bond acceptors (Lipinski definition) is 5. The van der Waals surface area contributed by atoms with Gasteiger partial charge in [-0.3, -0.25) is 14.9 Å². The van der Waals surface area contributed by atoms with Crippen LogP contribution >= 0.6 is 23.2 Å². The molecule has 0 radical (unpaired) electrons. The van der Waals surface area contributed by atoms with Crippen LogP contribution in [0, 0.1) is 5.82 Å². The lowest BCUT2D eigenvalue weighted by Gasteiger charge is -2.04. The number of nitrogens with zero attached hydrogens (tertiary/aromatic N) is 3. The molecule has 5 aromatic rings. The molecule has 0 unspecified atom stereocenters. The van der Waals surface area contributed by atoms with Gasteiger partial charge in [0.05, 0.1) is 29.0 Å². The van der Waals surface area contributed by atoms with Gasteiger partial charge in [0.2, 0.25) is 5.76 Å². The van der Waals surface area contributed by atoms with E-state index in [0.29, 0.717) is 21.0 Å². The number of benzene rings is 2. The molecule has 2 N–H and O–H groups in total. The molecule has 160 valence electrons. The first-order valence-corrected chi connectivity index (χ1v) is 10.3. The van der Waals surface area contributed by atoms with Gasteiger partial charge in [0.1, 0.15) is 11.3 Å². The zero-order chi connectivity index (χ0) is 22.2. The Morgan fingerprint density at radius 2 is 1.97 bits per heavy atom. The molecule has 0 saturated heterocycles. The average molecular weight is 470 g/mol. The molecule has 7 nitrogen and oxygen atoms in total. The first-order valence-electron chi connectivity index (χ1n) is 9.55. The maximum absolute atomic E-state index is 14.3. The van der Waals surface area contributed by atoms with Crippen molar-refractivity contribution in [3.8, 4) is 0 Å². The van der Waals surface area contributed by atoms with Gasteiger partial charge in [0.25, 0.3) is 5.91 Å². The molecule has 10 heteroatoms. The molecule has 3 aromatic heterocycles. The molecule has 32 heavy (non-hydrogen) atoms. The molecule has 5 rings (SSSR count). The van der Waals surface area contributed by atoms with Gasteiger partial charge in [-0.1, -0.05) is 23.2 Å². The van der Waals surface area contributed by atoms with E-state index in [1.807, 2.05) is 0 Å². The molecule has 0 aliphatic heterocycles. The van der Waals surface area contributed by atoms with E-state index < -0.39 is 11.7 Å². The van der Waals surface area contributed by atoms with Crippen LogP contribution in [0.2, 0.25) is 10.0 Å². The zero-order valence-electron chi connectivity index (χ0n) is 16.3. The third-order valence-corrected chi connectivity index (χ3v) is 5.36. The van der Waals surface area contributed by atoms with Gasteiger partial charge in [-0.2, -0.15) is 5.10 Å². The molecule has 0 aliphatic carbocycles. The molecule has 0 bridgehead atoms. The summed E-state index contributed by atoms with van der Waals surface area (Å²) in [5, 5.41) is 12.2. The summed E-state index contributed by atoms with van der Waals surface area (Å²) in [5.41, 5.74) is 2.32. The minimum atomic E-state index is -0.467. The molecule has 2 aromatic carbocycles. The van der Waals surface area contributed by atoms with E-state index in [2.05, 4.69) is 25.5 Å². The minimum absolute atomic E-state index is 0.0489. The van der Waals surface area contributed by atoms with Crippen LogP contribution in [0.15, 0.2) is 53.2 Å². The summed E-state index contributed by atoms with van der Waals surface area (Å²) in [7, 11) is 0. The summed E-state index contributed by atoms with van der Waals surface area (Å²) >= 11 is 12.0. The number of nitrogens with one attached hydrogen (secondary N) is 2. The maximum atomic E-state index is 14.3. The normalized spacial score (nSPS) is 11.3. The van der Waals surface area contributed by atoms with Crippen molar-refractivity contribution in [1.29, 1.82) is 0 Å². The highest BCUT2D eigenvalue weighted by Gasteiger charge is 2.15. The van der Waals surface area contributed by atoms with Crippen LogP contribution < -0.4 is 5.32 Å². The Labute approximate surface area is 190 Å². The Balaban J connectivity index is 1.29. The van der Waals surface area contributed by atoms with Gasteiger partial charge >= 0.3 is 0 Å². The summed E-state index contributed by atoms with van der Waals surface area (Å²) in [6, 6.07) is 10.1. The van der Waals surface area contributed by atoms with Crippen LogP contribution in [0.5, 0.6) is 0 Å². The topological polar surface area (TPSA) is 96.7 Å². The van der Waals surface area contributed by atoms with Crippen LogP contribution in [-0.4, -0.2) is 26.1 Å². The van der Waals surface area contributed by atoms with E-state index in [1.165, 1.54) is 18.5 Å². The number of aromatic amines is 1. The smallest absolute Gasteiger partial charge is 0.289 e. The second kappa shape index (κ2) is 8.22. The van der Waals surface area contributed by atoms with Crippen molar-refractivity contribution in [2.75, 3.05) is 0 Å². The molecule has 0 saturated carbocycles. The van der Waals surface area contributed by atoms with Crippen molar-refractivity contribution in [2.24, 2.45) is 0 Å². The largest absolute Gasteiger partial charge is 0.435 e. The highest BCUT2D eigenvalue weighted by Crippen LogP contribution is 2.23. The first kappa shape index (κ1) is 20.4. The van der Waals surface area contributed by atoms with Gasteiger partial charge in [-0.25, -0.2) is 9.37 Å². The summed E-state index contributed by atoms with van der Waals surface area (Å²) in [6.45, 7) is 0.204. The summed E-state index contributed by atoms with van der Waals surface area (Å²) in [6.07, 6.45) is 2.94. The predicted molar refractivity (Wildman–Crippen MR) is 118 cm³/mol. The van der Waals surface area contributed by atoms with E-state index >= 15 is 0 Å². The Kier molecular flexibility index (Phi) is 5.24. The Hall–Kier alpha value is -3.49. The Morgan fingerprint density at radius 1 is 1.09 bits per heavy atom. The number of fused-ring (bicyclic) bond motifs is 2. The molecule has 0 spiro atoms. The highest BCUT2D eigenvalue weighted by molar-refractivity contribution is 6.31. The molecule has 1 amide bonds. The lowest BCUT2D eigenvalue weighted by atomic mass is 10.1. The Morgan fingerprint density at radius 3 is 2.84 bits per heavy atom. The summed E-state index contributed by atoms with van der Waals surface area (Å²) in [4.78, 5) is 20.6. The minimum Gasteiger partial charge on any atom is -0.435 e. The van der Waals surface area contributed by atoms with E-state index in [0.717, 1.165) is 16.6 Å². The average Bonchev–Trinajstić information content (AvgIpc) is 3.38. The van der Waals surface area contributed by atoms with E-state index in [4.69, 9.17) is 27.6 Å². The number of H-pyrrole nitrogens is 1. The fourth-order valence-corrected chi connectivity index (χ4v) is 3.78. The van der Waals surface area contributed by atoms with Gasteiger partial charge in [0, 0.05) is 28.4 Å². The fraction of sp³-hybridized carbons (Fsp3) is 0.0909. The standard InChI is InChI=1S/C22H14Cl2FN5O2/c23-13-1-2-17-15(7-13)18(30-29-17)9-28-22(31)19-10-26-20(32-19)5-11-3-12-6-14(24)8-27-21(12)16(25)4-11/h1-4,6-8,10H,5,9H2,(H,28,31)(H,29,30). The third-order valence-electron chi connectivity index (χ3n) is 4.92. The number of aromatic nitrogens is 4.